The van der Waals surface area contributed by atoms with Crippen LogP contribution in [0.5, 0.6) is 11.5 Å². The highest BCUT2D eigenvalue weighted by molar-refractivity contribution is 5.43. The van der Waals surface area contributed by atoms with Gasteiger partial charge in [-0.1, -0.05) is 35.4 Å². The molecule has 0 saturated carbocycles. The Kier molecular flexibility index (Phi) is 4.64. The van der Waals surface area contributed by atoms with Gasteiger partial charge in [-0.25, -0.2) is 0 Å². The summed E-state index contributed by atoms with van der Waals surface area (Å²) in [5, 5.41) is 9.12. The van der Waals surface area contributed by atoms with Crippen LogP contribution >= 0.6 is 0 Å². The summed E-state index contributed by atoms with van der Waals surface area (Å²) in [6.45, 7) is 4.64. The molecule has 0 aliphatic rings. The summed E-state index contributed by atoms with van der Waals surface area (Å²) in [6, 6.07) is 11.8. The zero-order valence-corrected chi connectivity index (χ0v) is 12.1. The number of methoxy groups -OCH3 is 1. The molecule has 0 spiro atoms. The van der Waals surface area contributed by atoms with E-state index in [2.05, 4.69) is 32.0 Å². The number of benzene rings is 2. The predicted molar refractivity (Wildman–Crippen MR) is 79.2 cm³/mol. The van der Waals surface area contributed by atoms with Crippen molar-refractivity contribution in [2.75, 3.05) is 7.11 Å². The van der Waals surface area contributed by atoms with Gasteiger partial charge in [0.05, 0.1) is 13.7 Å². The third-order valence-corrected chi connectivity index (χ3v) is 3.09. The first-order valence-corrected chi connectivity index (χ1v) is 6.60. The molecule has 2 aromatic rings. The minimum atomic E-state index is -0.00624. The lowest BCUT2D eigenvalue weighted by molar-refractivity contribution is 0.274. The van der Waals surface area contributed by atoms with Crippen LogP contribution < -0.4 is 9.47 Å². The van der Waals surface area contributed by atoms with Gasteiger partial charge in [0.1, 0.15) is 6.61 Å². The molecule has 0 amide bonds. The van der Waals surface area contributed by atoms with E-state index in [1.165, 1.54) is 11.1 Å². The highest BCUT2D eigenvalue weighted by Gasteiger charge is 2.06. The minimum Gasteiger partial charge on any atom is -0.493 e. The first-order valence-electron chi connectivity index (χ1n) is 6.60. The fraction of sp³-hybridized carbons (Fsp3) is 0.294. The van der Waals surface area contributed by atoms with Crippen LogP contribution in [0.3, 0.4) is 0 Å². The summed E-state index contributed by atoms with van der Waals surface area (Å²) in [6.07, 6.45) is 0. The van der Waals surface area contributed by atoms with Crippen molar-refractivity contribution in [3.8, 4) is 11.5 Å². The summed E-state index contributed by atoms with van der Waals surface area (Å²) in [7, 11) is 1.60. The van der Waals surface area contributed by atoms with Gasteiger partial charge >= 0.3 is 0 Å². The molecule has 0 aromatic heterocycles. The summed E-state index contributed by atoms with van der Waals surface area (Å²) < 4.78 is 11.1. The quantitative estimate of drug-likeness (QED) is 0.906. The molecule has 0 unspecified atom stereocenters. The van der Waals surface area contributed by atoms with Crippen molar-refractivity contribution in [3.63, 3.8) is 0 Å². The van der Waals surface area contributed by atoms with Gasteiger partial charge in [-0.3, -0.25) is 0 Å². The molecule has 0 radical (unpaired) electrons. The topological polar surface area (TPSA) is 38.7 Å². The Bertz CT molecular complexity index is 571. The van der Waals surface area contributed by atoms with Crippen LogP contribution in [0, 0.1) is 13.8 Å². The average Bonchev–Trinajstić information content (AvgIpc) is 2.44. The smallest absolute Gasteiger partial charge is 0.161 e. The van der Waals surface area contributed by atoms with Gasteiger partial charge in [-0.2, -0.15) is 0 Å². The molecule has 0 aliphatic heterocycles. The molecular weight excluding hydrogens is 252 g/mol. The maximum absolute atomic E-state index is 9.12. The van der Waals surface area contributed by atoms with Gasteiger partial charge in [0.15, 0.2) is 11.5 Å². The van der Waals surface area contributed by atoms with Gasteiger partial charge in [-0.15, -0.1) is 0 Å². The van der Waals surface area contributed by atoms with Crippen molar-refractivity contribution in [3.05, 3.63) is 58.7 Å². The van der Waals surface area contributed by atoms with Crippen LogP contribution in [0.15, 0.2) is 36.4 Å². The van der Waals surface area contributed by atoms with Crippen LogP contribution in [0.4, 0.5) is 0 Å². The van der Waals surface area contributed by atoms with Crippen LogP contribution in [-0.2, 0) is 13.2 Å². The maximum Gasteiger partial charge on any atom is 0.161 e. The number of hydrogen-bond donors (Lipinski definition) is 1. The van der Waals surface area contributed by atoms with E-state index in [1.54, 1.807) is 13.2 Å². The zero-order valence-electron chi connectivity index (χ0n) is 12.1. The second-order valence-corrected chi connectivity index (χ2v) is 4.93. The normalized spacial score (nSPS) is 10.4. The van der Waals surface area contributed by atoms with E-state index in [0.717, 1.165) is 11.1 Å². The first kappa shape index (κ1) is 14.4. The van der Waals surface area contributed by atoms with Crippen molar-refractivity contribution in [1.82, 2.24) is 0 Å². The highest BCUT2D eigenvalue weighted by atomic mass is 16.5. The number of aliphatic hydroxyl groups excluding tert-OH is 1. The van der Waals surface area contributed by atoms with Gasteiger partial charge in [-0.05, 0) is 37.1 Å². The molecule has 0 fully saturated rings. The van der Waals surface area contributed by atoms with Crippen molar-refractivity contribution >= 4 is 0 Å². The molecule has 106 valence electrons. The van der Waals surface area contributed by atoms with Crippen molar-refractivity contribution < 1.29 is 14.6 Å². The van der Waals surface area contributed by atoms with E-state index >= 15 is 0 Å². The number of hydrogen-bond acceptors (Lipinski definition) is 3. The van der Waals surface area contributed by atoms with Gasteiger partial charge in [0, 0.05) is 0 Å². The molecule has 3 heteroatoms. The summed E-state index contributed by atoms with van der Waals surface area (Å²) in [4.78, 5) is 0. The SMILES string of the molecule is COc1cc(CO)ccc1OCc1cc(C)cc(C)c1. The Labute approximate surface area is 119 Å². The molecular formula is C17H20O3. The molecule has 0 bridgehead atoms. The lowest BCUT2D eigenvalue weighted by Crippen LogP contribution is -1.99. The summed E-state index contributed by atoms with van der Waals surface area (Å²) >= 11 is 0. The molecule has 2 aromatic carbocycles. The number of aliphatic hydroxyl groups is 1. The van der Waals surface area contributed by atoms with Gasteiger partial charge < -0.3 is 14.6 Å². The molecule has 20 heavy (non-hydrogen) atoms. The van der Waals surface area contributed by atoms with Crippen LogP contribution in [0.25, 0.3) is 0 Å². The van der Waals surface area contributed by atoms with E-state index in [0.29, 0.717) is 18.1 Å². The first-order chi connectivity index (χ1) is 9.62. The number of ether oxygens (including phenoxy) is 2. The molecule has 3 nitrogen and oxygen atoms in total. The Morgan fingerprint density at radius 1 is 0.900 bits per heavy atom. The third-order valence-electron chi connectivity index (χ3n) is 3.09. The van der Waals surface area contributed by atoms with E-state index in [4.69, 9.17) is 14.6 Å². The van der Waals surface area contributed by atoms with Crippen molar-refractivity contribution in [2.24, 2.45) is 0 Å². The fourth-order valence-corrected chi connectivity index (χ4v) is 2.24. The Morgan fingerprint density at radius 2 is 1.60 bits per heavy atom. The zero-order chi connectivity index (χ0) is 14.5. The van der Waals surface area contributed by atoms with Crippen LogP contribution in [-0.4, -0.2) is 12.2 Å². The second kappa shape index (κ2) is 6.44. The lowest BCUT2D eigenvalue weighted by atomic mass is 10.1. The average molecular weight is 272 g/mol. The monoisotopic (exact) mass is 272 g/mol. The predicted octanol–water partition coefficient (Wildman–Crippen LogP) is 3.38. The fourth-order valence-electron chi connectivity index (χ4n) is 2.24. The Morgan fingerprint density at radius 3 is 2.20 bits per heavy atom. The standard InChI is InChI=1S/C17H20O3/c1-12-6-13(2)8-15(7-12)11-20-16-5-4-14(10-18)9-17(16)19-3/h4-9,18H,10-11H2,1-3H3. The Balaban J connectivity index is 2.14. The number of rotatable bonds is 5. The summed E-state index contributed by atoms with van der Waals surface area (Å²) in [5.41, 5.74) is 4.40. The molecule has 0 aliphatic carbocycles. The molecule has 1 N–H and O–H groups in total. The van der Waals surface area contributed by atoms with E-state index < -0.39 is 0 Å². The third kappa shape index (κ3) is 3.52. The number of aryl methyl sites for hydroxylation is 2. The minimum absolute atomic E-state index is 0.00624. The second-order valence-electron chi connectivity index (χ2n) is 4.93. The Hall–Kier alpha value is -2.00. The lowest BCUT2D eigenvalue weighted by Gasteiger charge is -2.12. The van der Waals surface area contributed by atoms with Crippen molar-refractivity contribution in [1.29, 1.82) is 0 Å². The maximum atomic E-state index is 9.12. The molecule has 0 atom stereocenters. The summed E-state index contributed by atoms with van der Waals surface area (Å²) in [5.74, 6) is 1.32. The van der Waals surface area contributed by atoms with Crippen molar-refractivity contribution in [2.45, 2.75) is 27.1 Å². The largest absolute Gasteiger partial charge is 0.493 e. The highest BCUT2D eigenvalue weighted by Crippen LogP contribution is 2.29. The van der Waals surface area contributed by atoms with Crippen LogP contribution in [0.1, 0.15) is 22.3 Å². The van der Waals surface area contributed by atoms with Crippen LogP contribution in [0.2, 0.25) is 0 Å². The molecule has 0 heterocycles. The van der Waals surface area contributed by atoms with E-state index in [-0.39, 0.29) is 6.61 Å². The molecule has 2 rings (SSSR count). The van der Waals surface area contributed by atoms with Gasteiger partial charge in [0.25, 0.3) is 0 Å². The van der Waals surface area contributed by atoms with Gasteiger partial charge in [0.2, 0.25) is 0 Å². The molecule has 0 saturated heterocycles. The van der Waals surface area contributed by atoms with E-state index in [1.807, 2.05) is 12.1 Å². The van der Waals surface area contributed by atoms with E-state index in [9.17, 15) is 0 Å².